The summed E-state index contributed by atoms with van der Waals surface area (Å²) >= 11 is 1.39. The Balaban J connectivity index is 1.55. The molecular formula is C25H33N3O5S2. The number of likely N-dealkylation sites (N-methyl/N-ethyl adjacent to an activating group) is 1. The number of fused-ring (bicyclic) bond motifs is 1. The van der Waals surface area contributed by atoms with Gasteiger partial charge in [0.1, 0.15) is 5.00 Å². The first-order valence-electron chi connectivity index (χ1n) is 12.0. The van der Waals surface area contributed by atoms with Crippen molar-refractivity contribution in [1.29, 1.82) is 0 Å². The van der Waals surface area contributed by atoms with Gasteiger partial charge in [-0.15, -0.1) is 11.3 Å². The fraction of sp³-hybridized carbons (Fsp3) is 0.520. The molecular weight excluding hydrogens is 486 g/mol. The highest BCUT2D eigenvalue weighted by molar-refractivity contribution is 7.89. The van der Waals surface area contributed by atoms with Gasteiger partial charge in [0, 0.05) is 36.6 Å². The highest BCUT2D eigenvalue weighted by Crippen LogP contribution is 2.37. The summed E-state index contributed by atoms with van der Waals surface area (Å²) in [4.78, 5) is 29.1. The van der Waals surface area contributed by atoms with E-state index < -0.39 is 21.9 Å². The highest BCUT2D eigenvalue weighted by atomic mass is 32.2. The second-order valence-corrected chi connectivity index (χ2v) is 12.7. The third-order valence-corrected chi connectivity index (χ3v) is 9.52. The summed E-state index contributed by atoms with van der Waals surface area (Å²) in [6, 6.07) is 6.00. The quantitative estimate of drug-likeness (QED) is 0.583. The third kappa shape index (κ3) is 5.45. The van der Waals surface area contributed by atoms with Gasteiger partial charge in [-0.05, 0) is 68.5 Å². The zero-order valence-corrected chi connectivity index (χ0v) is 22.3. The molecule has 8 nitrogen and oxygen atoms in total. The van der Waals surface area contributed by atoms with E-state index in [0.717, 1.165) is 23.4 Å². The first kappa shape index (κ1) is 25.8. The number of nitrogens with zero attached hydrogens (tertiary/aromatic N) is 2. The summed E-state index contributed by atoms with van der Waals surface area (Å²) in [5, 5.41) is 3.35. The molecule has 0 saturated carbocycles. The second-order valence-electron chi connectivity index (χ2n) is 9.66. The van der Waals surface area contributed by atoms with E-state index in [0.29, 0.717) is 54.0 Å². The Labute approximate surface area is 211 Å². The molecule has 4 rings (SSSR count). The van der Waals surface area contributed by atoms with E-state index in [-0.39, 0.29) is 11.5 Å². The monoisotopic (exact) mass is 519 g/mol. The Morgan fingerprint density at radius 3 is 2.43 bits per heavy atom. The molecule has 2 aromatic rings. The fourth-order valence-corrected chi connectivity index (χ4v) is 7.93. The molecule has 3 heterocycles. The predicted octanol–water partition coefficient (Wildman–Crippen LogP) is 3.83. The number of thiophene rings is 1. The summed E-state index contributed by atoms with van der Waals surface area (Å²) in [6.07, 6.45) is 1.73. The van der Waals surface area contributed by atoms with Crippen LogP contribution in [0.5, 0.6) is 0 Å². The van der Waals surface area contributed by atoms with Crippen LogP contribution in [0, 0.1) is 11.8 Å². The van der Waals surface area contributed by atoms with Crippen molar-refractivity contribution in [2.24, 2.45) is 11.8 Å². The van der Waals surface area contributed by atoms with Crippen molar-refractivity contribution >= 4 is 38.2 Å². The maximum absolute atomic E-state index is 13.1. The normalized spacial score (nSPS) is 21.4. The van der Waals surface area contributed by atoms with Gasteiger partial charge in [-0.1, -0.05) is 13.8 Å². The lowest BCUT2D eigenvalue weighted by molar-refractivity contribution is 0.0526. The lowest BCUT2D eigenvalue weighted by Gasteiger charge is -2.34. The smallest absolute Gasteiger partial charge is 0.341 e. The van der Waals surface area contributed by atoms with Crippen LogP contribution >= 0.6 is 11.3 Å². The zero-order valence-electron chi connectivity index (χ0n) is 20.7. The van der Waals surface area contributed by atoms with E-state index >= 15 is 0 Å². The molecule has 0 radical (unpaired) electrons. The van der Waals surface area contributed by atoms with Crippen molar-refractivity contribution in [1.82, 2.24) is 9.21 Å². The van der Waals surface area contributed by atoms with Gasteiger partial charge in [0.15, 0.2) is 0 Å². The van der Waals surface area contributed by atoms with Gasteiger partial charge in [0.25, 0.3) is 5.91 Å². The number of amides is 1. The van der Waals surface area contributed by atoms with Crippen molar-refractivity contribution in [3.05, 3.63) is 45.8 Å². The van der Waals surface area contributed by atoms with Gasteiger partial charge in [-0.2, -0.15) is 4.31 Å². The van der Waals surface area contributed by atoms with E-state index in [9.17, 15) is 18.0 Å². The molecule has 2 aliphatic rings. The van der Waals surface area contributed by atoms with Crippen LogP contribution in [-0.4, -0.2) is 62.8 Å². The zero-order chi connectivity index (χ0) is 25.3. The molecule has 10 heteroatoms. The largest absolute Gasteiger partial charge is 0.462 e. The van der Waals surface area contributed by atoms with E-state index in [2.05, 4.69) is 24.1 Å². The van der Waals surface area contributed by atoms with Crippen LogP contribution in [0.1, 0.15) is 58.3 Å². The number of piperidine rings is 1. The molecule has 0 bridgehead atoms. The standard InChI is InChI=1S/C25H33N3O5S2/c1-5-33-25(30)22-20-10-11-27(4)15-21(20)34-24(22)26-23(29)18-6-8-19(9-7-18)35(31,32)28-13-16(2)12-17(3)14-28/h6-9,16-17H,5,10-15H2,1-4H3,(H,26,29). The fourth-order valence-electron chi connectivity index (χ4n) is 4.94. The van der Waals surface area contributed by atoms with Crippen molar-refractivity contribution in [3.63, 3.8) is 0 Å². The van der Waals surface area contributed by atoms with Crippen LogP contribution in [0.4, 0.5) is 5.00 Å². The summed E-state index contributed by atoms with van der Waals surface area (Å²) in [5.41, 5.74) is 1.69. The van der Waals surface area contributed by atoms with Crippen LogP contribution in [0.15, 0.2) is 29.2 Å². The first-order valence-corrected chi connectivity index (χ1v) is 14.3. The average molecular weight is 520 g/mol. The van der Waals surface area contributed by atoms with Gasteiger partial charge in [-0.25, -0.2) is 13.2 Å². The van der Waals surface area contributed by atoms with Crippen LogP contribution < -0.4 is 5.32 Å². The molecule has 1 N–H and O–H groups in total. The molecule has 1 saturated heterocycles. The maximum atomic E-state index is 13.1. The lowest BCUT2D eigenvalue weighted by Crippen LogP contribution is -2.42. The van der Waals surface area contributed by atoms with Gasteiger partial charge < -0.3 is 15.0 Å². The number of hydrogen-bond donors (Lipinski definition) is 1. The molecule has 190 valence electrons. The van der Waals surface area contributed by atoms with Crippen molar-refractivity contribution in [3.8, 4) is 0 Å². The molecule has 1 fully saturated rings. The molecule has 2 aliphatic heterocycles. The Morgan fingerprint density at radius 1 is 1.14 bits per heavy atom. The number of benzene rings is 1. The molecule has 1 amide bonds. The predicted molar refractivity (Wildman–Crippen MR) is 136 cm³/mol. The van der Waals surface area contributed by atoms with Gasteiger partial charge >= 0.3 is 5.97 Å². The van der Waals surface area contributed by atoms with Gasteiger partial charge in [0.2, 0.25) is 10.0 Å². The third-order valence-electron chi connectivity index (χ3n) is 6.54. The van der Waals surface area contributed by atoms with Crippen LogP contribution in [0.3, 0.4) is 0 Å². The molecule has 2 atom stereocenters. The summed E-state index contributed by atoms with van der Waals surface area (Å²) in [6.45, 7) is 8.68. The number of rotatable bonds is 6. The number of anilines is 1. The molecule has 0 spiro atoms. The van der Waals surface area contributed by atoms with Crippen LogP contribution in [-0.2, 0) is 27.7 Å². The number of carbonyl (C=O) groups excluding carboxylic acids is 2. The Morgan fingerprint density at radius 2 is 1.80 bits per heavy atom. The Bertz CT molecular complexity index is 1200. The Hall–Kier alpha value is -2.27. The van der Waals surface area contributed by atoms with Crippen LogP contribution in [0.2, 0.25) is 0 Å². The van der Waals surface area contributed by atoms with E-state index in [4.69, 9.17) is 4.74 Å². The number of nitrogens with one attached hydrogen (secondary N) is 1. The lowest BCUT2D eigenvalue weighted by atomic mass is 9.94. The number of esters is 1. The van der Waals surface area contributed by atoms with Crippen molar-refractivity contribution in [2.75, 3.05) is 38.6 Å². The summed E-state index contributed by atoms with van der Waals surface area (Å²) in [5.74, 6) is -0.213. The maximum Gasteiger partial charge on any atom is 0.341 e. The van der Waals surface area contributed by atoms with E-state index in [1.54, 1.807) is 11.2 Å². The minimum Gasteiger partial charge on any atom is -0.462 e. The Kier molecular flexibility index (Phi) is 7.65. The molecule has 0 aliphatic carbocycles. The van der Waals surface area contributed by atoms with Crippen molar-refractivity contribution in [2.45, 2.75) is 45.1 Å². The molecule has 2 unspecified atom stereocenters. The highest BCUT2D eigenvalue weighted by Gasteiger charge is 2.32. The summed E-state index contributed by atoms with van der Waals surface area (Å²) < 4.78 is 33.1. The first-order chi connectivity index (χ1) is 16.6. The molecule has 1 aromatic heterocycles. The molecule has 1 aromatic carbocycles. The number of hydrogen-bond acceptors (Lipinski definition) is 7. The van der Waals surface area contributed by atoms with Gasteiger partial charge in [0.05, 0.1) is 17.1 Å². The summed E-state index contributed by atoms with van der Waals surface area (Å²) in [7, 11) is -1.60. The minimum atomic E-state index is -3.62. The molecule has 35 heavy (non-hydrogen) atoms. The number of ether oxygens (including phenoxy) is 1. The average Bonchev–Trinajstić information content (AvgIpc) is 3.15. The topological polar surface area (TPSA) is 96.0 Å². The van der Waals surface area contributed by atoms with Crippen LogP contribution in [0.25, 0.3) is 0 Å². The number of sulfonamides is 1. The minimum absolute atomic E-state index is 0.178. The van der Waals surface area contributed by atoms with E-state index in [1.807, 2.05) is 7.05 Å². The number of carbonyl (C=O) groups is 2. The van der Waals surface area contributed by atoms with Gasteiger partial charge in [-0.3, -0.25) is 4.79 Å². The SMILES string of the molecule is CCOC(=O)c1c(NC(=O)c2ccc(S(=O)(=O)N3CC(C)CC(C)C3)cc2)sc2c1CCN(C)C2. The van der Waals surface area contributed by atoms with Crippen molar-refractivity contribution < 1.29 is 22.7 Å². The second kappa shape index (κ2) is 10.4. The van der Waals surface area contributed by atoms with E-state index in [1.165, 1.54) is 35.6 Å².